The Hall–Kier alpha value is -1.09. The first-order valence-electron chi connectivity index (χ1n) is 6.35. The molecule has 112 valence electrons. The van der Waals surface area contributed by atoms with E-state index in [0.717, 1.165) is 25.2 Å². The SMILES string of the molecule is O=S(=O)(NCC[NH+]1CCOCC1)c1ccc(F)c(F)c1. The van der Waals surface area contributed by atoms with Gasteiger partial charge in [0.15, 0.2) is 11.6 Å². The first-order valence-corrected chi connectivity index (χ1v) is 7.83. The minimum absolute atomic E-state index is 0.247. The van der Waals surface area contributed by atoms with E-state index < -0.39 is 21.7 Å². The topological polar surface area (TPSA) is 59.8 Å². The van der Waals surface area contributed by atoms with E-state index in [1.165, 1.54) is 4.90 Å². The molecule has 20 heavy (non-hydrogen) atoms. The van der Waals surface area contributed by atoms with Gasteiger partial charge in [-0.25, -0.2) is 21.9 Å². The van der Waals surface area contributed by atoms with Crippen LogP contribution >= 0.6 is 0 Å². The minimum Gasteiger partial charge on any atom is -0.370 e. The van der Waals surface area contributed by atoms with Crippen molar-refractivity contribution in [1.29, 1.82) is 0 Å². The molecule has 0 aliphatic carbocycles. The smallest absolute Gasteiger partial charge is 0.240 e. The van der Waals surface area contributed by atoms with E-state index in [-0.39, 0.29) is 11.4 Å². The largest absolute Gasteiger partial charge is 0.370 e. The van der Waals surface area contributed by atoms with E-state index >= 15 is 0 Å². The average molecular weight is 307 g/mol. The fourth-order valence-electron chi connectivity index (χ4n) is 2.00. The Morgan fingerprint density at radius 1 is 1.20 bits per heavy atom. The van der Waals surface area contributed by atoms with Crippen LogP contribution in [0.2, 0.25) is 0 Å². The molecule has 1 aromatic rings. The second kappa shape index (κ2) is 6.57. The number of ether oxygens (including phenoxy) is 1. The highest BCUT2D eigenvalue weighted by atomic mass is 32.2. The fourth-order valence-corrected chi connectivity index (χ4v) is 3.04. The van der Waals surface area contributed by atoms with Gasteiger partial charge in [-0.15, -0.1) is 0 Å². The fraction of sp³-hybridized carbons (Fsp3) is 0.500. The maximum absolute atomic E-state index is 13.0. The van der Waals surface area contributed by atoms with E-state index in [1.807, 2.05) is 0 Å². The lowest BCUT2D eigenvalue weighted by Crippen LogP contribution is -3.14. The molecule has 0 atom stereocenters. The summed E-state index contributed by atoms with van der Waals surface area (Å²) in [6.45, 7) is 3.90. The van der Waals surface area contributed by atoms with E-state index in [2.05, 4.69) is 4.72 Å². The quantitative estimate of drug-likeness (QED) is 0.746. The standard InChI is InChI=1S/C12H16F2N2O3S/c13-11-2-1-10(9-12(11)14)20(17,18)15-3-4-16-5-7-19-8-6-16/h1-2,9,15H,3-8H2/p+1. The van der Waals surface area contributed by atoms with Crippen molar-refractivity contribution >= 4 is 10.0 Å². The van der Waals surface area contributed by atoms with Gasteiger partial charge >= 0.3 is 0 Å². The summed E-state index contributed by atoms with van der Waals surface area (Å²) in [5.74, 6) is -2.24. The highest BCUT2D eigenvalue weighted by Gasteiger charge is 2.18. The molecule has 1 aliphatic heterocycles. The van der Waals surface area contributed by atoms with Crippen LogP contribution in [0.4, 0.5) is 8.78 Å². The van der Waals surface area contributed by atoms with Crippen LogP contribution in [0.25, 0.3) is 0 Å². The van der Waals surface area contributed by atoms with Crippen molar-refractivity contribution in [1.82, 2.24) is 4.72 Å². The van der Waals surface area contributed by atoms with Crippen LogP contribution in [0.15, 0.2) is 23.1 Å². The summed E-state index contributed by atoms with van der Waals surface area (Å²) in [7, 11) is -3.80. The van der Waals surface area contributed by atoms with Gasteiger partial charge < -0.3 is 9.64 Å². The highest BCUT2D eigenvalue weighted by Crippen LogP contribution is 2.13. The van der Waals surface area contributed by atoms with E-state index in [9.17, 15) is 17.2 Å². The molecule has 0 radical (unpaired) electrons. The number of sulfonamides is 1. The molecule has 0 amide bonds. The Morgan fingerprint density at radius 3 is 2.55 bits per heavy atom. The third kappa shape index (κ3) is 3.95. The normalized spacial score (nSPS) is 17.3. The second-order valence-corrected chi connectivity index (χ2v) is 6.35. The molecule has 1 aliphatic rings. The third-order valence-electron chi connectivity index (χ3n) is 3.17. The van der Waals surface area contributed by atoms with Gasteiger partial charge in [-0.3, -0.25) is 0 Å². The van der Waals surface area contributed by atoms with Crippen LogP contribution in [0.1, 0.15) is 0 Å². The van der Waals surface area contributed by atoms with Gasteiger partial charge in [-0.05, 0) is 18.2 Å². The van der Waals surface area contributed by atoms with Crippen molar-refractivity contribution < 1.29 is 26.8 Å². The molecule has 2 rings (SSSR count). The number of quaternary nitrogens is 1. The first kappa shape index (κ1) is 15.3. The van der Waals surface area contributed by atoms with Crippen molar-refractivity contribution in [3.05, 3.63) is 29.8 Å². The zero-order chi connectivity index (χ0) is 14.6. The lowest BCUT2D eigenvalue weighted by atomic mass is 10.3. The maximum atomic E-state index is 13.0. The molecule has 1 heterocycles. The minimum atomic E-state index is -3.80. The number of rotatable bonds is 5. The lowest BCUT2D eigenvalue weighted by Gasteiger charge is -2.23. The zero-order valence-electron chi connectivity index (χ0n) is 10.9. The van der Waals surface area contributed by atoms with Crippen LogP contribution in [0, 0.1) is 11.6 Å². The first-order chi connectivity index (χ1) is 9.49. The van der Waals surface area contributed by atoms with Gasteiger partial charge in [0.05, 0.1) is 31.2 Å². The van der Waals surface area contributed by atoms with Crippen LogP contribution in [0.5, 0.6) is 0 Å². The van der Waals surface area contributed by atoms with Crippen LogP contribution in [-0.4, -0.2) is 47.8 Å². The molecule has 0 saturated carbocycles. The van der Waals surface area contributed by atoms with Crippen molar-refractivity contribution in [2.24, 2.45) is 0 Å². The van der Waals surface area contributed by atoms with Gasteiger partial charge in [-0.1, -0.05) is 0 Å². The van der Waals surface area contributed by atoms with Crippen molar-refractivity contribution in [2.45, 2.75) is 4.90 Å². The lowest BCUT2D eigenvalue weighted by molar-refractivity contribution is -0.906. The molecule has 5 nitrogen and oxygen atoms in total. The maximum Gasteiger partial charge on any atom is 0.240 e. The van der Waals surface area contributed by atoms with Crippen LogP contribution in [-0.2, 0) is 14.8 Å². The van der Waals surface area contributed by atoms with Gasteiger partial charge in [0.2, 0.25) is 10.0 Å². The number of benzene rings is 1. The number of hydrogen-bond acceptors (Lipinski definition) is 3. The summed E-state index contributed by atoms with van der Waals surface area (Å²) in [5, 5.41) is 0. The Bertz CT molecular complexity index is 560. The molecule has 0 bridgehead atoms. The molecular weight excluding hydrogens is 290 g/mol. The van der Waals surface area contributed by atoms with Crippen LogP contribution < -0.4 is 9.62 Å². The van der Waals surface area contributed by atoms with Gasteiger partial charge in [-0.2, -0.15) is 0 Å². The van der Waals surface area contributed by atoms with Crippen molar-refractivity contribution in [2.75, 3.05) is 39.4 Å². The monoisotopic (exact) mass is 307 g/mol. The average Bonchev–Trinajstić information content (AvgIpc) is 2.43. The molecule has 8 heteroatoms. The summed E-state index contributed by atoms with van der Waals surface area (Å²) in [5.41, 5.74) is 0. The zero-order valence-corrected chi connectivity index (χ0v) is 11.7. The Morgan fingerprint density at radius 2 is 1.90 bits per heavy atom. The summed E-state index contributed by atoms with van der Waals surface area (Å²) in [6.07, 6.45) is 0. The Kier molecular flexibility index (Phi) is 5.03. The number of halogens is 2. The van der Waals surface area contributed by atoms with Gasteiger partial charge in [0.25, 0.3) is 0 Å². The van der Waals surface area contributed by atoms with Crippen molar-refractivity contribution in [3.8, 4) is 0 Å². The molecule has 0 aromatic heterocycles. The number of nitrogens with one attached hydrogen (secondary N) is 2. The molecule has 0 unspecified atom stereocenters. The Labute approximate surface area is 116 Å². The van der Waals surface area contributed by atoms with Crippen LogP contribution in [0.3, 0.4) is 0 Å². The summed E-state index contributed by atoms with van der Waals surface area (Å²) in [6, 6.07) is 2.53. The predicted molar refractivity (Wildman–Crippen MR) is 67.9 cm³/mol. The molecule has 2 N–H and O–H groups in total. The number of morpholine rings is 1. The second-order valence-electron chi connectivity index (χ2n) is 4.59. The highest BCUT2D eigenvalue weighted by molar-refractivity contribution is 7.89. The van der Waals surface area contributed by atoms with E-state index in [4.69, 9.17) is 4.74 Å². The molecular formula is C12H17F2N2O3S+. The third-order valence-corrected chi connectivity index (χ3v) is 4.63. The van der Waals surface area contributed by atoms with Gasteiger partial charge in [0, 0.05) is 0 Å². The van der Waals surface area contributed by atoms with Gasteiger partial charge in [0.1, 0.15) is 13.1 Å². The predicted octanol–water partition coefficient (Wildman–Crippen LogP) is -0.842. The molecule has 1 fully saturated rings. The van der Waals surface area contributed by atoms with E-state index in [1.54, 1.807) is 0 Å². The molecule has 0 spiro atoms. The molecule has 1 aromatic carbocycles. The summed E-state index contributed by atoms with van der Waals surface area (Å²) in [4.78, 5) is 0.984. The summed E-state index contributed by atoms with van der Waals surface area (Å²) < 4.78 is 57.2. The summed E-state index contributed by atoms with van der Waals surface area (Å²) >= 11 is 0. The van der Waals surface area contributed by atoms with E-state index in [0.29, 0.717) is 25.8 Å². The molecule has 1 saturated heterocycles. The Balaban J connectivity index is 1.91. The number of hydrogen-bond donors (Lipinski definition) is 2. The van der Waals surface area contributed by atoms with Crippen molar-refractivity contribution in [3.63, 3.8) is 0 Å².